The van der Waals surface area contributed by atoms with Crippen LogP contribution in [-0.4, -0.2) is 43.1 Å². The van der Waals surface area contributed by atoms with Crippen LogP contribution in [-0.2, 0) is 6.54 Å². The number of ether oxygens (including phenoxy) is 1. The van der Waals surface area contributed by atoms with Crippen molar-refractivity contribution in [2.24, 2.45) is 5.92 Å². The number of methoxy groups -OCH3 is 1. The molecule has 0 aromatic heterocycles. The number of hydrogen-bond acceptors (Lipinski definition) is 5. The molecule has 1 heterocycles. The van der Waals surface area contributed by atoms with E-state index in [1.807, 2.05) is 6.07 Å². The maximum absolute atomic E-state index is 11.1. The molecule has 0 radical (unpaired) electrons. The molecule has 2 rings (SSSR count). The predicted molar refractivity (Wildman–Crippen MR) is 86.2 cm³/mol. The molecule has 6 heteroatoms. The first-order chi connectivity index (χ1) is 10.6. The lowest BCUT2D eigenvalue weighted by Crippen LogP contribution is -2.36. The number of piperidine rings is 1. The summed E-state index contributed by atoms with van der Waals surface area (Å²) in [6, 6.07) is 5.23. The van der Waals surface area contributed by atoms with Crippen molar-refractivity contribution in [2.75, 3.05) is 33.3 Å². The molecular formula is C16H25N3O3. The predicted octanol–water partition coefficient (Wildman–Crippen LogP) is 2.42. The van der Waals surface area contributed by atoms with Gasteiger partial charge in [-0.3, -0.25) is 15.0 Å². The summed E-state index contributed by atoms with van der Waals surface area (Å²) < 4.78 is 5.04. The Morgan fingerprint density at radius 2 is 2.14 bits per heavy atom. The number of nitrogens with zero attached hydrogens (tertiary/aromatic N) is 2. The maximum atomic E-state index is 11.1. The standard InChI is InChI=1S/C16H25N3O3/c1-3-17-11-13-6-8-18(9-7-13)12-14-4-5-16(22-2)15(10-14)19(20)21/h4-5,10,13,17H,3,6-9,11-12H2,1-2H3. The number of nitro benzene ring substituents is 1. The van der Waals surface area contributed by atoms with Crippen molar-refractivity contribution < 1.29 is 9.66 Å². The Labute approximate surface area is 131 Å². The average Bonchev–Trinajstić information content (AvgIpc) is 2.54. The van der Waals surface area contributed by atoms with Crippen molar-refractivity contribution in [3.8, 4) is 5.75 Å². The highest BCUT2D eigenvalue weighted by atomic mass is 16.6. The van der Waals surface area contributed by atoms with Crippen LogP contribution in [0, 0.1) is 16.0 Å². The first-order valence-electron chi connectivity index (χ1n) is 7.88. The molecule has 22 heavy (non-hydrogen) atoms. The molecule has 1 aliphatic rings. The molecule has 1 saturated heterocycles. The summed E-state index contributed by atoms with van der Waals surface area (Å²) in [6.07, 6.45) is 2.37. The lowest BCUT2D eigenvalue weighted by Gasteiger charge is -2.32. The Bertz CT molecular complexity index is 499. The molecule has 1 N–H and O–H groups in total. The average molecular weight is 307 g/mol. The second-order valence-electron chi connectivity index (χ2n) is 5.79. The van der Waals surface area contributed by atoms with Crippen LogP contribution in [0.2, 0.25) is 0 Å². The Kier molecular flexibility index (Phi) is 6.15. The van der Waals surface area contributed by atoms with Crippen LogP contribution in [0.1, 0.15) is 25.3 Å². The fourth-order valence-corrected chi connectivity index (χ4v) is 2.93. The van der Waals surface area contributed by atoms with Gasteiger partial charge in [0.05, 0.1) is 12.0 Å². The van der Waals surface area contributed by atoms with Crippen LogP contribution in [0.5, 0.6) is 5.75 Å². The summed E-state index contributed by atoms with van der Waals surface area (Å²) in [7, 11) is 1.46. The largest absolute Gasteiger partial charge is 0.490 e. The summed E-state index contributed by atoms with van der Waals surface area (Å²) in [6.45, 7) is 7.12. The van der Waals surface area contributed by atoms with Crippen LogP contribution >= 0.6 is 0 Å². The molecule has 0 atom stereocenters. The second-order valence-corrected chi connectivity index (χ2v) is 5.79. The van der Waals surface area contributed by atoms with Crippen molar-refractivity contribution in [2.45, 2.75) is 26.3 Å². The smallest absolute Gasteiger partial charge is 0.311 e. The Hall–Kier alpha value is -1.66. The molecule has 1 aromatic carbocycles. The van der Waals surface area contributed by atoms with Gasteiger partial charge in [-0.25, -0.2) is 0 Å². The van der Waals surface area contributed by atoms with Crippen molar-refractivity contribution in [3.05, 3.63) is 33.9 Å². The summed E-state index contributed by atoms with van der Waals surface area (Å²) in [5, 5.41) is 14.5. The zero-order valence-electron chi connectivity index (χ0n) is 13.4. The molecule has 0 bridgehead atoms. The van der Waals surface area contributed by atoms with E-state index in [2.05, 4.69) is 17.1 Å². The van der Waals surface area contributed by atoms with Crippen LogP contribution in [0.25, 0.3) is 0 Å². The third-order valence-corrected chi connectivity index (χ3v) is 4.24. The number of hydrogen-bond donors (Lipinski definition) is 1. The number of nitrogens with one attached hydrogen (secondary N) is 1. The number of rotatable bonds is 7. The lowest BCUT2D eigenvalue weighted by atomic mass is 9.96. The van der Waals surface area contributed by atoms with Crippen molar-refractivity contribution in [1.82, 2.24) is 10.2 Å². The van der Waals surface area contributed by atoms with Gasteiger partial charge in [0.1, 0.15) is 0 Å². The van der Waals surface area contributed by atoms with Gasteiger partial charge in [-0.2, -0.15) is 0 Å². The van der Waals surface area contributed by atoms with Gasteiger partial charge in [0.2, 0.25) is 0 Å². The topological polar surface area (TPSA) is 67.6 Å². The highest BCUT2D eigenvalue weighted by Crippen LogP contribution is 2.28. The summed E-state index contributed by atoms with van der Waals surface area (Å²) in [4.78, 5) is 13.1. The van der Waals surface area contributed by atoms with E-state index in [9.17, 15) is 10.1 Å². The van der Waals surface area contributed by atoms with Crippen molar-refractivity contribution in [1.29, 1.82) is 0 Å². The zero-order chi connectivity index (χ0) is 15.9. The van der Waals surface area contributed by atoms with Gasteiger partial charge in [0.25, 0.3) is 0 Å². The molecule has 6 nitrogen and oxygen atoms in total. The van der Waals surface area contributed by atoms with E-state index < -0.39 is 0 Å². The molecule has 0 unspecified atom stereocenters. The third kappa shape index (κ3) is 4.42. The highest BCUT2D eigenvalue weighted by molar-refractivity contribution is 5.48. The van der Waals surface area contributed by atoms with Gasteiger partial charge in [0.15, 0.2) is 5.75 Å². The van der Waals surface area contributed by atoms with Gasteiger partial charge >= 0.3 is 5.69 Å². The molecule has 1 fully saturated rings. The molecule has 0 amide bonds. The Morgan fingerprint density at radius 1 is 1.41 bits per heavy atom. The third-order valence-electron chi connectivity index (χ3n) is 4.24. The van der Waals surface area contributed by atoms with Gasteiger partial charge in [-0.15, -0.1) is 0 Å². The SMILES string of the molecule is CCNCC1CCN(Cc2ccc(OC)c([N+](=O)[O-])c2)CC1. The molecule has 122 valence electrons. The normalized spacial score (nSPS) is 16.6. The molecule has 1 aliphatic heterocycles. The van der Waals surface area contributed by atoms with E-state index in [1.165, 1.54) is 20.0 Å². The minimum Gasteiger partial charge on any atom is -0.490 e. The van der Waals surface area contributed by atoms with Crippen LogP contribution in [0.15, 0.2) is 18.2 Å². The van der Waals surface area contributed by atoms with Gasteiger partial charge in [-0.05, 0) is 56.6 Å². The van der Waals surface area contributed by atoms with Crippen LogP contribution < -0.4 is 10.1 Å². The lowest BCUT2D eigenvalue weighted by molar-refractivity contribution is -0.385. The molecule has 0 spiro atoms. The van der Waals surface area contributed by atoms with E-state index in [-0.39, 0.29) is 10.6 Å². The first kappa shape index (κ1) is 16.7. The molecule has 0 saturated carbocycles. The van der Waals surface area contributed by atoms with Crippen molar-refractivity contribution in [3.63, 3.8) is 0 Å². The van der Waals surface area contributed by atoms with Gasteiger partial charge in [0, 0.05) is 12.6 Å². The van der Waals surface area contributed by atoms with Crippen LogP contribution in [0.3, 0.4) is 0 Å². The summed E-state index contributed by atoms with van der Waals surface area (Å²) in [5.41, 5.74) is 1.01. The maximum Gasteiger partial charge on any atom is 0.311 e. The fourth-order valence-electron chi connectivity index (χ4n) is 2.93. The van der Waals surface area contributed by atoms with E-state index in [0.717, 1.165) is 44.2 Å². The van der Waals surface area contributed by atoms with Gasteiger partial charge < -0.3 is 10.1 Å². The quantitative estimate of drug-likeness (QED) is 0.619. The number of likely N-dealkylation sites (tertiary alicyclic amines) is 1. The van der Waals surface area contributed by atoms with E-state index >= 15 is 0 Å². The second kappa shape index (κ2) is 8.10. The molecule has 0 aliphatic carbocycles. The highest BCUT2D eigenvalue weighted by Gasteiger charge is 2.20. The van der Waals surface area contributed by atoms with E-state index in [4.69, 9.17) is 4.74 Å². The van der Waals surface area contributed by atoms with Crippen molar-refractivity contribution >= 4 is 5.69 Å². The first-order valence-corrected chi connectivity index (χ1v) is 7.88. The Balaban J connectivity index is 1.92. The minimum absolute atomic E-state index is 0.0435. The molecular weight excluding hydrogens is 282 g/mol. The summed E-state index contributed by atoms with van der Waals surface area (Å²) >= 11 is 0. The Morgan fingerprint density at radius 3 is 2.73 bits per heavy atom. The molecule has 1 aromatic rings. The number of benzene rings is 1. The van der Waals surface area contributed by atoms with Gasteiger partial charge in [-0.1, -0.05) is 13.0 Å². The number of nitro groups is 1. The monoisotopic (exact) mass is 307 g/mol. The van der Waals surface area contributed by atoms with Crippen LogP contribution in [0.4, 0.5) is 5.69 Å². The minimum atomic E-state index is -0.384. The van der Waals surface area contributed by atoms with E-state index in [0.29, 0.717) is 5.75 Å². The van der Waals surface area contributed by atoms with E-state index in [1.54, 1.807) is 12.1 Å². The zero-order valence-corrected chi connectivity index (χ0v) is 13.4. The summed E-state index contributed by atoms with van der Waals surface area (Å²) in [5.74, 6) is 1.07. The fraction of sp³-hybridized carbons (Fsp3) is 0.625.